The molecule has 5 nitrogen and oxygen atoms in total. The van der Waals surface area contributed by atoms with Crippen LogP contribution < -0.4 is 4.74 Å². The smallest absolute Gasteiger partial charge is 0.260 e. The van der Waals surface area contributed by atoms with Gasteiger partial charge >= 0.3 is 0 Å². The van der Waals surface area contributed by atoms with E-state index in [4.69, 9.17) is 16.3 Å². The number of nitrogens with zero attached hydrogens (tertiary/aromatic N) is 2. The van der Waals surface area contributed by atoms with E-state index in [1.165, 1.54) is 12.1 Å². The second-order valence-corrected chi connectivity index (χ2v) is 6.74. The number of hydrogen-bond donors (Lipinski definition) is 0. The number of carbonyl (C=O) groups excluding carboxylic acids is 2. The van der Waals surface area contributed by atoms with Gasteiger partial charge in [0.2, 0.25) is 5.91 Å². The van der Waals surface area contributed by atoms with Crippen molar-refractivity contribution in [2.45, 2.75) is 6.42 Å². The third-order valence-electron chi connectivity index (χ3n) is 4.43. The van der Waals surface area contributed by atoms with E-state index in [2.05, 4.69) is 0 Å². The maximum Gasteiger partial charge on any atom is 0.260 e. The van der Waals surface area contributed by atoms with Crippen molar-refractivity contribution in [1.82, 2.24) is 9.80 Å². The highest BCUT2D eigenvalue weighted by molar-refractivity contribution is 6.30. The van der Waals surface area contributed by atoms with Gasteiger partial charge in [-0.2, -0.15) is 0 Å². The lowest BCUT2D eigenvalue weighted by atomic mass is 10.1. The largest absolute Gasteiger partial charge is 0.484 e. The Labute approximate surface area is 162 Å². The van der Waals surface area contributed by atoms with Crippen LogP contribution in [-0.4, -0.2) is 54.4 Å². The molecule has 0 saturated carbocycles. The fourth-order valence-electron chi connectivity index (χ4n) is 2.86. The molecule has 1 aliphatic rings. The van der Waals surface area contributed by atoms with Gasteiger partial charge in [0.1, 0.15) is 11.6 Å². The van der Waals surface area contributed by atoms with E-state index in [9.17, 15) is 14.0 Å². The van der Waals surface area contributed by atoms with Gasteiger partial charge < -0.3 is 14.5 Å². The first-order valence-electron chi connectivity index (χ1n) is 8.69. The zero-order valence-electron chi connectivity index (χ0n) is 14.7. The molecule has 0 radical (unpaired) electrons. The predicted octanol–water partition coefficient (Wildman–Crippen LogP) is 2.77. The van der Waals surface area contributed by atoms with Crippen molar-refractivity contribution in [1.29, 1.82) is 0 Å². The molecule has 0 bridgehead atoms. The number of carbonyl (C=O) groups is 2. The second-order valence-electron chi connectivity index (χ2n) is 6.31. The summed E-state index contributed by atoms with van der Waals surface area (Å²) in [5.41, 5.74) is 0.774. The van der Waals surface area contributed by atoms with Crippen LogP contribution in [-0.2, 0) is 16.0 Å². The number of piperazine rings is 1. The average Bonchev–Trinajstić information content (AvgIpc) is 2.69. The Bertz CT molecular complexity index is 788. The maximum atomic E-state index is 12.9. The highest BCUT2D eigenvalue weighted by Crippen LogP contribution is 2.16. The van der Waals surface area contributed by atoms with Gasteiger partial charge in [0.05, 0.1) is 6.42 Å². The van der Waals surface area contributed by atoms with E-state index in [1.807, 2.05) is 0 Å². The van der Waals surface area contributed by atoms with Crippen LogP contribution in [0.4, 0.5) is 4.39 Å². The summed E-state index contributed by atoms with van der Waals surface area (Å²) in [6.07, 6.45) is 0.230. The number of hydrogen-bond acceptors (Lipinski definition) is 3. The van der Waals surface area contributed by atoms with Gasteiger partial charge in [0.25, 0.3) is 5.91 Å². The predicted molar refractivity (Wildman–Crippen MR) is 100 cm³/mol. The van der Waals surface area contributed by atoms with Gasteiger partial charge in [0.15, 0.2) is 6.61 Å². The van der Waals surface area contributed by atoms with Crippen molar-refractivity contribution in [3.63, 3.8) is 0 Å². The molecule has 2 amide bonds. The molecule has 27 heavy (non-hydrogen) atoms. The fourth-order valence-corrected chi connectivity index (χ4v) is 2.99. The topological polar surface area (TPSA) is 49.9 Å². The molecule has 0 spiro atoms. The first kappa shape index (κ1) is 19.2. The lowest BCUT2D eigenvalue weighted by molar-refractivity contribution is -0.140. The second kappa shape index (κ2) is 8.86. The molecule has 2 aromatic rings. The lowest BCUT2D eigenvalue weighted by Crippen LogP contribution is -2.52. The molecule has 1 fully saturated rings. The summed E-state index contributed by atoms with van der Waals surface area (Å²) in [5.74, 6) is 0.127. The van der Waals surface area contributed by atoms with Crippen LogP contribution in [0.25, 0.3) is 0 Å². The summed E-state index contributed by atoms with van der Waals surface area (Å²) in [4.78, 5) is 28.1. The Hall–Kier alpha value is -2.60. The van der Waals surface area contributed by atoms with Gasteiger partial charge in [-0.1, -0.05) is 23.7 Å². The minimum absolute atomic E-state index is 0.0221. The number of halogens is 2. The standard InChI is InChI=1S/C20H20ClFN2O3/c21-16-3-7-18(8-4-16)27-14-20(26)24-11-9-23(10-12-24)19(25)13-15-1-5-17(22)6-2-15/h1-8H,9-14H2. The molecule has 0 aromatic heterocycles. The highest BCUT2D eigenvalue weighted by atomic mass is 35.5. The van der Waals surface area contributed by atoms with Crippen LogP contribution in [0.15, 0.2) is 48.5 Å². The first-order chi connectivity index (χ1) is 13.0. The van der Waals surface area contributed by atoms with E-state index < -0.39 is 0 Å². The summed E-state index contributed by atoms with van der Waals surface area (Å²) in [5, 5.41) is 0.607. The van der Waals surface area contributed by atoms with E-state index in [1.54, 1.807) is 46.2 Å². The van der Waals surface area contributed by atoms with Crippen molar-refractivity contribution in [2.75, 3.05) is 32.8 Å². The van der Waals surface area contributed by atoms with Gasteiger partial charge in [-0.05, 0) is 42.0 Å². The van der Waals surface area contributed by atoms with Crippen LogP contribution in [0.3, 0.4) is 0 Å². The number of benzene rings is 2. The summed E-state index contributed by atoms with van der Waals surface area (Å²) >= 11 is 5.81. The van der Waals surface area contributed by atoms with E-state index >= 15 is 0 Å². The van der Waals surface area contributed by atoms with E-state index in [0.717, 1.165) is 5.56 Å². The van der Waals surface area contributed by atoms with E-state index in [0.29, 0.717) is 37.0 Å². The third-order valence-corrected chi connectivity index (χ3v) is 4.68. The van der Waals surface area contributed by atoms with Gasteiger partial charge in [-0.3, -0.25) is 9.59 Å². The number of amides is 2. The molecule has 0 N–H and O–H groups in total. The third kappa shape index (κ3) is 5.44. The molecular formula is C20H20ClFN2O3. The van der Waals surface area contributed by atoms with Crippen LogP contribution in [0.5, 0.6) is 5.75 Å². The molecule has 1 heterocycles. The Kier molecular flexibility index (Phi) is 6.29. The van der Waals surface area contributed by atoms with Crippen molar-refractivity contribution in [3.05, 3.63) is 64.9 Å². The quantitative estimate of drug-likeness (QED) is 0.788. The number of rotatable bonds is 5. The molecule has 1 aliphatic heterocycles. The maximum absolute atomic E-state index is 12.9. The minimum atomic E-state index is -0.320. The normalized spacial score (nSPS) is 14.1. The molecule has 142 valence electrons. The van der Waals surface area contributed by atoms with Crippen molar-refractivity contribution < 1.29 is 18.7 Å². The Balaban J connectivity index is 1.43. The minimum Gasteiger partial charge on any atom is -0.484 e. The molecule has 1 saturated heterocycles. The Morgan fingerprint density at radius 2 is 1.44 bits per heavy atom. The van der Waals surface area contributed by atoms with Crippen LogP contribution in [0.1, 0.15) is 5.56 Å². The molecular weight excluding hydrogens is 371 g/mol. The zero-order valence-corrected chi connectivity index (χ0v) is 15.5. The Morgan fingerprint density at radius 1 is 0.889 bits per heavy atom. The average molecular weight is 391 g/mol. The van der Waals surface area contributed by atoms with Crippen LogP contribution in [0.2, 0.25) is 5.02 Å². The molecule has 3 rings (SSSR count). The SMILES string of the molecule is O=C(COc1ccc(Cl)cc1)N1CCN(C(=O)Cc2ccc(F)cc2)CC1. The number of ether oxygens (including phenoxy) is 1. The van der Waals surface area contributed by atoms with Gasteiger partial charge in [0, 0.05) is 31.2 Å². The summed E-state index contributed by atoms with van der Waals surface area (Å²) in [6.45, 7) is 1.85. The van der Waals surface area contributed by atoms with Crippen molar-refractivity contribution >= 4 is 23.4 Å². The van der Waals surface area contributed by atoms with Crippen LogP contribution in [0, 0.1) is 5.82 Å². The summed E-state index contributed by atoms with van der Waals surface area (Å²) < 4.78 is 18.4. The summed E-state index contributed by atoms with van der Waals surface area (Å²) in [6, 6.07) is 12.7. The van der Waals surface area contributed by atoms with Crippen molar-refractivity contribution in [2.24, 2.45) is 0 Å². The van der Waals surface area contributed by atoms with E-state index in [-0.39, 0.29) is 30.7 Å². The highest BCUT2D eigenvalue weighted by Gasteiger charge is 2.24. The van der Waals surface area contributed by atoms with Crippen molar-refractivity contribution in [3.8, 4) is 5.75 Å². The molecule has 2 aromatic carbocycles. The Morgan fingerprint density at radius 3 is 2.04 bits per heavy atom. The van der Waals surface area contributed by atoms with Gasteiger partial charge in [-0.15, -0.1) is 0 Å². The molecule has 0 atom stereocenters. The van der Waals surface area contributed by atoms with Gasteiger partial charge in [-0.25, -0.2) is 4.39 Å². The molecule has 0 unspecified atom stereocenters. The van der Waals surface area contributed by atoms with Crippen LogP contribution >= 0.6 is 11.6 Å². The lowest BCUT2D eigenvalue weighted by Gasteiger charge is -2.34. The summed E-state index contributed by atoms with van der Waals surface area (Å²) in [7, 11) is 0. The first-order valence-corrected chi connectivity index (χ1v) is 9.07. The monoisotopic (exact) mass is 390 g/mol. The fraction of sp³-hybridized carbons (Fsp3) is 0.300. The zero-order chi connectivity index (χ0) is 19.2. The molecule has 0 aliphatic carbocycles. The molecule has 7 heteroatoms.